The van der Waals surface area contributed by atoms with Crippen molar-refractivity contribution in [2.45, 2.75) is 27.2 Å². The van der Waals surface area contributed by atoms with E-state index in [9.17, 15) is 4.79 Å². The van der Waals surface area contributed by atoms with Gasteiger partial charge in [0, 0.05) is 0 Å². The van der Waals surface area contributed by atoms with Crippen LogP contribution in [-0.4, -0.2) is 19.0 Å². The van der Waals surface area contributed by atoms with Gasteiger partial charge in [-0.3, -0.25) is 4.79 Å². The first-order valence-corrected chi connectivity index (χ1v) is 4.35. The highest BCUT2D eigenvalue weighted by Gasteiger charge is 1.90. The smallest absolute Gasteiger partial charge is 0.155 e. The average molecular weight is 170 g/mol. The Bertz CT molecular complexity index is 148. The Morgan fingerprint density at radius 1 is 1.42 bits per heavy atom. The molecule has 70 valence electrons. The lowest BCUT2D eigenvalue weighted by Gasteiger charge is -1.97. The molecule has 2 heteroatoms. The SMILES string of the molecule is CC(=O)COCC=CCC(C)C. The predicted octanol–water partition coefficient (Wildman–Crippen LogP) is 2.19. The monoisotopic (exact) mass is 170 g/mol. The van der Waals surface area contributed by atoms with Crippen molar-refractivity contribution in [3.05, 3.63) is 12.2 Å². The van der Waals surface area contributed by atoms with Crippen molar-refractivity contribution in [3.8, 4) is 0 Å². The zero-order valence-electron chi connectivity index (χ0n) is 8.17. The van der Waals surface area contributed by atoms with Crippen LogP contribution in [0.25, 0.3) is 0 Å². The van der Waals surface area contributed by atoms with Crippen LogP contribution in [0.15, 0.2) is 12.2 Å². The number of allylic oxidation sites excluding steroid dienone is 1. The standard InChI is InChI=1S/C10H18O2/c1-9(2)6-4-5-7-12-8-10(3)11/h4-5,9H,6-8H2,1-3H3. The maximum atomic E-state index is 10.4. The molecule has 0 aliphatic carbocycles. The molecule has 0 aromatic rings. The molecule has 0 aliphatic rings. The molecule has 0 amide bonds. The molecular formula is C10H18O2. The molecule has 0 rings (SSSR count). The zero-order chi connectivity index (χ0) is 9.40. The second-order valence-corrected chi connectivity index (χ2v) is 3.32. The quantitative estimate of drug-likeness (QED) is 0.451. The highest BCUT2D eigenvalue weighted by molar-refractivity contribution is 5.76. The van der Waals surface area contributed by atoms with Crippen molar-refractivity contribution in [2.24, 2.45) is 5.92 Å². The first kappa shape index (κ1) is 11.4. The van der Waals surface area contributed by atoms with E-state index in [0.29, 0.717) is 12.5 Å². The third-order valence-electron chi connectivity index (χ3n) is 1.29. The fourth-order valence-electron chi connectivity index (χ4n) is 0.707. The number of Topliss-reactive ketones (excluding diaryl/α,β-unsaturated/α-hetero) is 1. The van der Waals surface area contributed by atoms with Gasteiger partial charge in [-0.1, -0.05) is 26.0 Å². The molecule has 0 N–H and O–H groups in total. The van der Waals surface area contributed by atoms with E-state index in [4.69, 9.17) is 4.74 Å². The van der Waals surface area contributed by atoms with Gasteiger partial charge < -0.3 is 4.74 Å². The Morgan fingerprint density at radius 3 is 2.58 bits per heavy atom. The Labute approximate surface area is 74.6 Å². The molecule has 12 heavy (non-hydrogen) atoms. The molecule has 0 radical (unpaired) electrons. The second kappa shape index (κ2) is 7.04. The number of carbonyl (C=O) groups excluding carboxylic acids is 1. The third kappa shape index (κ3) is 9.37. The van der Waals surface area contributed by atoms with Crippen molar-refractivity contribution in [1.82, 2.24) is 0 Å². The molecule has 0 saturated heterocycles. The molecule has 0 aromatic carbocycles. The van der Waals surface area contributed by atoms with E-state index >= 15 is 0 Å². The second-order valence-electron chi connectivity index (χ2n) is 3.32. The summed E-state index contributed by atoms with van der Waals surface area (Å²) in [4.78, 5) is 10.4. The van der Waals surface area contributed by atoms with Gasteiger partial charge in [0.25, 0.3) is 0 Å². The molecular weight excluding hydrogens is 152 g/mol. The molecule has 0 saturated carbocycles. The third-order valence-corrected chi connectivity index (χ3v) is 1.29. The average Bonchev–Trinajstić information content (AvgIpc) is 1.95. The fourth-order valence-corrected chi connectivity index (χ4v) is 0.707. The van der Waals surface area contributed by atoms with Gasteiger partial charge in [0.15, 0.2) is 5.78 Å². The largest absolute Gasteiger partial charge is 0.370 e. The van der Waals surface area contributed by atoms with Crippen molar-refractivity contribution in [1.29, 1.82) is 0 Å². The van der Waals surface area contributed by atoms with Gasteiger partial charge in [0.2, 0.25) is 0 Å². The summed E-state index contributed by atoms with van der Waals surface area (Å²) < 4.78 is 5.04. The Morgan fingerprint density at radius 2 is 2.08 bits per heavy atom. The van der Waals surface area contributed by atoms with Crippen molar-refractivity contribution < 1.29 is 9.53 Å². The van der Waals surface area contributed by atoms with Crippen LogP contribution < -0.4 is 0 Å². The van der Waals surface area contributed by atoms with E-state index in [1.807, 2.05) is 6.08 Å². The van der Waals surface area contributed by atoms with E-state index in [1.165, 1.54) is 6.92 Å². The summed E-state index contributed by atoms with van der Waals surface area (Å²) >= 11 is 0. The number of hydrogen-bond donors (Lipinski definition) is 0. The molecule has 0 aromatic heterocycles. The van der Waals surface area contributed by atoms with Crippen LogP contribution in [0.2, 0.25) is 0 Å². The molecule has 0 fully saturated rings. The van der Waals surface area contributed by atoms with E-state index < -0.39 is 0 Å². The first-order chi connectivity index (χ1) is 5.63. The lowest BCUT2D eigenvalue weighted by Crippen LogP contribution is -2.03. The van der Waals surface area contributed by atoms with Gasteiger partial charge in [-0.2, -0.15) is 0 Å². The summed E-state index contributed by atoms with van der Waals surface area (Å²) in [5.74, 6) is 0.765. The zero-order valence-corrected chi connectivity index (χ0v) is 8.17. The van der Waals surface area contributed by atoms with E-state index in [1.54, 1.807) is 0 Å². The number of carbonyl (C=O) groups is 1. The Hall–Kier alpha value is -0.630. The van der Waals surface area contributed by atoms with Crippen molar-refractivity contribution in [3.63, 3.8) is 0 Å². The van der Waals surface area contributed by atoms with E-state index in [-0.39, 0.29) is 12.4 Å². The first-order valence-electron chi connectivity index (χ1n) is 4.35. The molecule has 0 spiro atoms. The summed E-state index contributed by atoms with van der Waals surface area (Å²) in [5.41, 5.74) is 0. The molecule has 0 atom stereocenters. The summed E-state index contributed by atoms with van der Waals surface area (Å²) in [7, 11) is 0. The summed E-state index contributed by atoms with van der Waals surface area (Å²) in [6, 6.07) is 0. The molecule has 0 heterocycles. The topological polar surface area (TPSA) is 26.3 Å². The van der Waals surface area contributed by atoms with Gasteiger partial charge in [-0.05, 0) is 19.3 Å². The van der Waals surface area contributed by atoms with Crippen LogP contribution >= 0.6 is 0 Å². The van der Waals surface area contributed by atoms with Gasteiger partial charge in [-0.15, -0.1) is 0 Å². The van der Waals surface area contributed by atoms with Gasteiger partial charge in [0.1, 0.15) is 6.61 Å². The summed E-state index contributed by atoms with van der Waals surface area (Å²) in [6.45, 7) is 6.64. The maximum Gasteiger partial charge on any atom is 0.155 e. The lowest BCUT2D eigenvalue weighted by molar-refractivity contribution is -0.121. The van der Waals surface area contributed by atoms with Gasteiger partial charge >= 0.3 is 0 Å². The van der Waals surface area contributed by atoms with Crippen LogP contribution in [0.3, 0.4) is 0 Å². The Kier molecular flexibility index (Phi) is 6.67. The number of hydrogen-bond acceptors (Lipinski definition) is 2. The van der Waals surface area contributed by atoms with Crippen LogP contribution in [0.5, 0.6) is 0 Å². The van der Waals surface area contributed by atoms with E-state index in [2.05, 4.69) is 19.9 Å². The minimum Gasteiger partial charge on any atom is -0.370 e. The molecule has 0 aliphatic heterocycles. The number of rotatable bonds is 6. The van der Waals surface area contributed by atoms with Crippen LogP contribution in [0.1, 0.15) is 27.2 Å². The number of ether oxygens (including phenoxy) is 1. The van der Waals surface area contributed by atoms with Crippen LogP contribution in [-0.2, 0) is 9.53 Å². The number of ketones is 1. The fraction of sp³-hybridized carbons (Fsp3) is 0.700. The Balaban J connectivity index is 3.19. The minimum atomic E-state index is 0.0762. The summed E-state index contributed by atoms with van der Waals surface area (Å²) in [5, 5.41) is 0. The van der Waals surface area contributed by atoms with Gasteiger partial charge in [0.05, 0.1) is 6.61 Å². The van der Waals surface area contributed by atoms with Crippen LogP contribution in [0, 0.1) is 5.92 Å². The summed E-state index contributed by atoms with van der Waals surface area (Å²) in [6.07, 6.45) is 5.12. The normalized spacial score (nSPS) is 11.3. The van der Waals surface area contributed by atoms with Crippen molar-refractivity contribution >= 4 is 5.78 Å². The molecule has 0 unspecified atom stereocenters. The molecule has 0 bridgehead atoms. The lowest BCUT2D eigenvalue weighted by atomic mass is 10.1. The van der Waals surface area contributed by atoms with E-state index in [0.717, 1.165) is 6.42 Å². The van der Waals surface area contributed by atoms with Crippen molar-refractivity contribution in [2.75, 3.05) is 13.2 Å². The highest BCUT2D eigenvalue weighted by atomic mass is 16.5. The highest BCUT2D eigenvalue weighted by Crippen LogP contribution is 1.99. The van der Waals surface area contributed by atoms with Crippen LogP contribution in [0.4, 0.5) is 0 Å². The minimum absolute atomic E-state index is 0.0762. The molecule has 2 nitrogen and oxygen atoms in total. The maximum absolute atomic E-state index is 10.4. The predicted molar refractivity (Wildman–Crippen MR) is 50.1 cm³/mol. The van der Waals surface area contributed by atoms with Gasteiger partial charge in [-0.25, -0.2) is 0 Å².